The highest BCUT2D eigenvalue weighted by atomic mass is 31.0. The summed E-state index contributed by atoms with van der Waals surface area (Å²) in [5.41, 5.74) is 5.59. The van der Waals surface area contributed by atoms with E-state index in [0.29, 0.717) is 0 Å². The van der Waals surface area contributed by atoms with E-state index in [9.17, 15) is 0 Å². The van der Waals surface area contributed by atoms with E-state index in [1.165, 1.54) is 22.3 Å². The van der Waals surface area contributed by atoms with Crippen LogP contribution in [0.1, 0.15) is 0 Å². The van der Waals surface area contributed by atoms with Crippen LogP contribution in [0.3, 0.4) is 0 Å². The van der Waals surface area contributed by atoms with Crippen molar-refractivity contribution in [1.82, 2.24) is 0 Å². The van der Waals surface area contributed by atoms with Gasteiger partial charge in [0.15, 0.2) is 0 Å². The first-order valence-electron chi connectivity index (χ1n) is 4.15. The summed E-state index contributed by atoms with van der Waals surface area (Å²) >= 11 is 0. The molecule has 3 rings (SSSR count). The van der Waals surface area contributed by atoms with Gasteiger partial charge in [0.1, 0.15) is 0 Å². The Bertz CT molecular complexity index is 346. The van der Waals surface area contributed by atoms with Crippen LogP contribution >= 0.6 is 9.90 Å². The minimum absolute atomic E-state index is 0. The van der Waals surface area contributed by atoms with E-state index in [0.717, 1.165) is 0 Å². The lowest BCUT2D eigenvalue weighted by molar-refractivity contribution is 1.52. The predicted octanol–water partition coefficient (Wildman–Crippen LogP) is 4.20. The molecule has 1 aliphatic carbocycles. The first-order chi connectivity index (χ1) is 5.97. The highest BCUT2D eigenvalue weighted by Gasteiger charge is 2.19. The predicted molar refractivity (Wildman–Crippen MR) is 57.8 cm³/mol. The van der Waals surface area contributed by atoms with Crippen LogP contribution in [-0.2, 0) is 0 Å². The van der Waals surface area contributed by atoms with Crippen molar-refractivity contribution in [2.45, 2.75) is 0 Å². The molecular formula is C12H8P. The molecular weight excluding hydrogens is 175 g/mol. The van der Waals surface area contributed by atoms with E-state index in [2.05, 4.69) is 48.5 Å². The summed E-state index contributed by atoms with van der Waals surface area (Å²) in [5, 5.41) is 0. The normalized spacial score (nSPS) is 10.5. The molecule has 3 radical (unpaired) electrons. The van der Waals surface area contributed by atoms with Gasteiger partial charge in [-0.25, -0.2) is 0 Å². The van der Waals surface area contributed by atoms with Gasteiger partial charge in [0.25, 0.3) is 0 Å². The molecule has 2 aromatic rings. The fourth-order valence-electron chi connectivity index (χ4n) is 1.84. The van der Waals surface area contributed by atoms with Gasteiger partial charge in [0.2, 0.25) is 0 Å². The lowest BCUT2D eigenvalue weighted by Crippen LogP contribution is -1.96. The van der Waals surface area contributed by atoms with Crippen molar-refractivity contribution < 1.29 is 0 Å². The highest BCUT2D eigenvalue weighted by molar-refractivity contribution is 6.92. The van der Waals surface area contributed by atoms with Crippen molar-refractivity contribution in [3.63, 3.8) is 0 Å². The van der Waals surface area contributed by atoms with Gasteiger partial charge in [-0.05, 0) is 22.3 Å². The van der Waals surface area contributed by atoms with E-state index in [1.807, 2.05) is 0 Å². The molecule has 0 atom stereocenters. The summed E-state index contributed by atoms with van der Waals surface area (Å²) < 4.78 is 0. The van der Waals surface area contributed by atoms with Crippen LogP contribution in [0, 0.1) is 0 Å². The Balaban J connectivity index is 0.000000653. The maximum atomic E-state index is 2.18. The molecule has 0 N–H and O–H groups in total. The fourth-order valence-corrected chi connectivity index (χ4v) is 1.84. The van der Waals surface area contributed by atoms with Crippen molar-refractivity contribution in [3.05, 3.63) is 48.5 Å². The summed E-state index contributed by atoms with van der Waals surface area (Å²) in [5.74, 6) is 0. The van der Waals surface area contributed by atoms with Gasteiger partial charge in [-0.3, -0.25) is 0 Å². The Hall–Kier alpha value is -1.13. The Morgan fingerprint density at radius 3 is 0.923 bits per heavy atom. The lowest BCUT2D eigenvalue weighted by atomic mass is 9.81. The molecule has 0 saturated heterocycles. The SMILES string of the molecule is [P].c1ccc2c(c1)-c1ccccc1-2. The Labute approximate surface area is 81.2 Å². The van der Waals surface area contributed by atoms with Crippen molar-refractivity contribution >= 4 is 9.90 Å². The van der Waals surface area contributed by atoms with E-state index in [4.69, 9.17) is 0 Å². The molecule has 0 fully saturated rings. The molecule has 13 heavy (non-hydrogen) atoms. The molecule has 0 heterocycles. The second-order valence-corrected chi connectivity index (χ2v) is 3.09. The van der Waals surface area contributed by atoms with Gasteiger partial charge in [0, 0.05) is 9.90 Å². The average Bonchev–Trinajstić information content (AvgIpc) is 2.14. The zero-order chi connectivity index (χ0) is 7.97. The smallest absolute Gasteiger partial charge is 0 e. The molecule has 1 heteroatoms. The largest absolute Gasteiger partial charge is 0.0616 e. The maximum absolute atomic E-state index is 2.18. The summed E-state index contributed by atoms with van der Waals surface area (Å²) in [6.07, 6.45) is 0. The molecule has 0 aromatic heterocycles. The number of fused-ring (bicyclic) bond motifs is 4. The van der Waals surface area contributed by atoms with Gasteiger partial charge < -0.3 is 0 Å². The molecule has 0 bridgehead atoms. The third-order valence-electron chi connectivity index (χ3n) is 2.43. The minimum atomic E-state index is 0. The van der Waals surface area contributed by atoms with Gasteiger partial charge in [-0.2, -0.15) is 0 Å². The molecule has 1 aliphatic rings. The van der Waals surface area contributed by atoms with Crippen LogP contribution in [0.5, 0.6) is 0 Å². The number of benzene rings is 2. The van der Waals surface area contributed by atoms with Crippen LogP contribution in [-0.4, -0.2) is 0 Å². The molecule has 0 unspecified atom stereocenters. The third-order valence-corrected chi connectivity index (χ3v) is 2.43. The van der Waals surface area contributed by atoms with Crippen LogP contribution in [0.25, 0.3) is 22.3 Å². The van der Waals surface area contributed by atoms with Gasteiger partial charge in [-0.1, -0.05) is 48.5 Å². The third kappa shape index (κ3) is 1.03. The van der Waals surface area contributed by atoms with Crippen LogP contribution in [0.2, 0.25) is 0 Å². The summed E-state index contributed by atoms with van der Waals surface area (Å²) in [6, 6.07) is 17.1. The van der Waals surface area contributed by atoms with Gasteiger partial charge >= 0.3 is 0 Å². The Kier molecular flexibility index (Phi) is 1.94. The van der Waals surface area contributed by atoms with E-state index in [1.54, 1.807) is 0 Å². The quantitative estimate of drug-likeness (QED) is 0.458. The average molecular weight is 183 g/mol. The molecule has 0 spiro atoms. The summed E-state index contributed by atoms with van der Waals surface area (Å²) in [7, 11) is 0. The zero-order valence-corrected chi connectivity index (χ0v) is 7.96. The lowest BCUT2D eigenvalue weighted by Gasteiger charge is -2.22. The monoisotopic (exact) mass is 183 g/mol. The van der Waals surface area contributed by atoms with E-state index in [-0.39, 0.29) is 9.90 Å². The minimum Gasteiger partial charge on any atom is -0.0616 e. The van der Waals surface area contributed by atoms with E-state index < -0.39 is 0 Å². The molecule has 0 nitrogen and oxygen atoms in total. The van der Waals surface area contributed by atoms with Crippen LogP contribution in [0.15, 0.2) is 48.5 Å². The first-order valence-corrected chi connectivity index (χ1v) is 4.15. The molecule has 61 valence electrons. The van der Waals surface area contributed by atoms with Crippen molar-refractivity contribution in [3.8, 4) is 22.3 Å². The highest BCUT2D eigenvalue weighted by Crippen LogP contribution is 2.46. The number of hydrogen-bond acceptors (Lipinski definition) is 0. The van der Waals surface area contributed by atoms with Gasteiger partial charge in [-0.15, -0.1) is 0 Å². The molecule has 0 aliphatic heterocycles. The van der Waals surface area contributed by atoms with Crippen molar-refractivity contribution in [2.24, 2.45) is 0 Å². The van der Waals surface area contributed by atoms with Crippen molar-refractivity contribution in [2.75, 3.05) is 0 Å². The fraction of sp³-hybridized carbons (Fsp3) is 0. The van der Waals surface area contributed by atoms with Crippen molar-refractivity contribution in [1.29, 1.82) is 0 Å². The zero-order valence-electron chi connectivity index (χ0n) is 7.07. The second kappa shape index (κ2) is 2.97. The topological polar surface area (TPSA) is 0 Å². The molecule has 0 amide bonds. The standard InChI is InChI=1S/C12H8.P/c1-2-6-10-9(5-1)11-7-3-4-8-12(10)11;/h1-8H;. The van der Waals surface area contributed by atoms with Crippen LogP contribution in [0.4, 0.5) is 0 Å². The van der Waals surface area contributed by atoms with Gasteiger partial charge in [0.05, 0.1) is 0 Å². The number of rotatable bonds is 0. The molecule has 0 saturated carbocycles. The summed E-state index contributed by atoms with van der Waals surface area (Å²) in [6.45, 7) is 0. The maximum Gasteiger partial charge on any atom is 0 e. The first kappa shape index (κ1) is 8.47. The Morgan fingerprint density at radius 1 is 0.462 bits per heavy atom. The second-order valence-electron chi connectivity index (χ2n) is 3.09. The van der Waals surface area contributed by atoms with Crippen LogP contribution < -0.4 is 0 Å². The Morgan fingerprint density at radius 2 is 0.692 bits per heavy atom. The molecule has 2 aromatic carbocycles. The summed E-state index contributed by atoms with van der Waals surface area (Å²) in [4.78, 5) is 0. The number of hydrogen-bond donors (Lipinski definition) is 0. The van der Waals surface area contributed by atoms with E-state index >= 15 is 0 Å².